The van der Waals surface area contributed by atoms with Crippen LogP contribution in [0.2, 0.25) is 0 Å². The molecule has 82 valence electrons. The minimum absolute atomic E-state index is 0. The van der Waals surface area contributed by atoms with E-state index in [-0.39, 0.29) is 18.3 Å². The molecular weight excluding hydrogens is 253 g/mol. The molecule has 1 atom stereocenters. The Morgan fingerprint density at radius 2 is 2.07 bits per heavy atom. The van der Waals surface area contributed by atoms with Gasteiger partial charge in [-0.2, -0.15) is 0 Å². The standard InChI is InChI=1S/C10H10ClNOS.ClH/c11-6-10(13)7-14-9(12-10)8-4-2-1-3-5-8;/h1-5,13H,6-7H2;1H. The van der Waals surface area contributed by atoms with Crippen molar-refractivity contribution in [3.05, 3.63) is 35.9 Å². The summed E-state index contributed by atoms with van der Waals surface area (Å²) in [5.74, 6) is 0.692. The Kier molecular flexibility index (Phi) is 4.46. The predicted octanol–water partition coefficient (Wildman–Crippen LogP) is 2.53. The summed E-state index contributed by atoms with van der Waals surface area (Å²) in [6, 6.07) is 9.82. The second kappa shape index (κ2) is 5.21. The van der Waals surface area contributed by atoms with Crippen molar-refractivity contribution in [2.24, 2.45) is 4.99 Å². The molecule has 1 unspecified atom stereocenters. The van der Waals surface area contributed by atoms with Gasteiger partial charge in [0, 0.05) is 5.56 Å². The molecule has 1 aromatic rings. The van der Waals surface area contributed by atoms with Gasteiger partial charge in [-0.1, -0.05) is 30.3 Å². The highest BCUT2D eigenvalue weighted by molar-refractivity contribution is 8.14. The Morgan fingerprint density at radius 3 is 2.60 bits per heavy atom. The first-order valence-corrected chi connectivity index (χ1v) is 5.82. The van der Waals surface area contributed by atoms with Gasteiger partial charge in [-0.05, 0) is 0 Å². The van der Waals surface area contributed by atoms with Gasteiger partial charge in [-0.3, -0.25) is 0 Å². The molecule has 15 heavy (non-hydrogen) atoms. The third kappa shape index (κ3) is 2.88. The highest BCUT2D eigenvalue weighted by Crippen LogP contribution is 2.29. The number of benzene rings is 1. The van der Waals surface area contributed by atoms with Crippen LogP contribution in [0.5, 0.6) is 0 Å². The lowest BCUT2D eigenvalue weighted by Crippen LogP contribution is -2.28. The Bertz CT molecular complexity index is 358. The first-order chi connectivity index (χ1) is 6.73. The molecule has 5 heteroatoms. The summed E-state index contributed by atoms with van der Waals surface area (Å²) in [7, 11) is 0. The van der Waals surface area contributed by atoms with E-state index < -0.39 is 5.72 Å². The van der Waals surface area contributed by atoms with Crippen LogP contribution in [0.4, 0.5) is 0 Å². The van der Waals surface area contributed by atoms with Crippen LogP contribution < -0.4 is 0 Å². The van der Waals surface area contributed by atoms with Crippen molar-refractivity contribution in [2.45, 2.75) is 5.72 Å². The average Bonchev–Trinajstić information content (AvgIpc) is 2.63. The maximum absolute atomic E-state index is 9.79. The molecule has 1 N–H and O–H groups in total. The molecule has 0 radical (unpaired) electrons. The van der Waals surface area contributed by atoms with E-state index in [9.17, 15) is 5.11 Å². The van der Waals surface area contributed by atoms with Crippen LogP contribution in [0.1, 0.15) is 5.56 Å². The topological polar surface area (TPSA) is 32.6 Å². The van der Waals surface area contributed by atoms with E-state index in [1.54, 1.807) is 11.8 Å². The minimum Gasteiger partial charge on any atom is -0.367 e. The molecule has 0 bridgehead atoms. The number of aliphatic hydroxyl groups is 1. The molecule has 0 aromatic heterocycles. The fourth-order valence-electron chi connectivity index (χ4n) is 1.23. The van der Waals surface area contributed by atoms with Gasteiger partial charge in [0.05, 0.1) is 11.6 Å². The maximum atomic E-state index is 9.79. The Balaban J connectivity index is 0.00000112. The van der Waals surface area contributed by atoms with E-state index in [4.69, 9.17) is 11.6 Å². The van der Waals surface area contributed by atoms with Crippen LogP contribution in [-0.4, -0.2) is 27.5 Å². The number of hydrogen-bond acceptors (Lipinski definition) is 3. The van der Waals surface area contributed by atoms with Gasteiger partial charge in [0.2, 0.25) is 0 Å². The van der Waals surface area contributed by atoms with E-state index in [0.29, 0.717) is 5.75 Å². The number of rotatable bonds is 2. The average molecular weight is 264 g/mol. The molecule has 1 aliphatic heterocycles. The smallest absolute Gasteiger partial charge is 0.180 e. The lowest BCUT2D eigenvalue weighted by Gasteiger charge is -2.12. The van der Waals surface area contributed by atoms with Crippen LogP contribution in [0.15, 0.2) is 35.3 Å². The number of halogens is 2. The molecule has 0 saturated carbocycles. The zero-order chi connectivity index (χ0) is 10.0. The minimum atomic E-state index is -1.07. The van der Waals surface area contributed by atoms with Crippen LogP contribution >= 0.6 is 35.8 Å². The zero-order valence-corrected chi connectivity index (χ0v) is 10.3. The van der Waals surface area contributed by atoms with Crippen molar-refractivity contribution >= 4 is 40.8 Å². The maximum Gasteiger partial charge on any atom is 0.180 e. The second-order valence-electron chi connectivity index (χ2n) is 3.19. The van der Waals surface area contributed by atoms with Gasteiger partial charge < -0.3 is 5.11 Å². The van der Waals surface area contributed by atoms with Crippen LogP contribution in [-0.2, 0) is 0 Å². The molecule has 2 rings (SSSR count). The monoisotopic (exact) mass is 263 g/mol. The fraction of sp³-hybridized carbons (Fsp3) is 0.300. The first-order valence-electron chi connectivity index (χ1n) is 4.30. The van der Waals surface area contributed by atoms with Gasteiger partial charge >= 0.3 is 0 Å². The molecule has 2 nitrogen and oxygen atoms in total. The molecule has 1 aliphatic rings. The summed E-state index contributed by atoms with van der Waals surface area (Å²) in [5.41, 5.74) is -0.0317. The summed E-state index contributed by atoms with van der Waals surface area (Å²) >= 11 is 7.17. The fourth-order valence-corrected chi connectivity index (χ4v) is 2.57. The second-order valence-corrected chi connectivity index (χ2v) is 4.42. The zero-order valence-electron chi connectivity index (χ0n) is 7.89. The summed E-state index contributed by atoms with van der Waals surface area (Å²) in [5, 5.41) is 10.7. The van der Waals surface area contributed by atoms with E-state index in [1.165, 1.54) is 0 Å². The molecule has 1 aromatic carbocycles. The summed E-state index contributed by atoms with van der Waals surface area (Å²) in [6.45, 7) is 0. The molecular formula is C10H11Cl2NOS. The number of thioether (sulfide) groups is 1. The molecule has 0 saturated heterocycles. The predicted molar refractivity (Wildman–Crippen MR) is 68.4 cm³/mol. The van der Waals surface area contributed by atoms with E-state index in [1.807, 2.05) is 30.3 Å². The third-order valence-corrected chi connectivity index (χ3v) is 3.62. The summed E-state index contributed by atoms with van der Waals surface area (Å²) < 4.78 is 0. The molecule has 1 heterocycles. The van der Waals surface area contributed by atoms with Crippen molar-refractivity contribution in [3.8, 4) is 0 Å². The van der Waals surface area contributed by atoms with Crippen LogP contribution in [0.3, 0.4) is 0 Å². The van der Waals surface area contributed by atoms with Crippen molar-refractivity contribution in [1.29, 1.82) is 0 Å². The Labute approximate surface area is 104 Å². The van der Waals surface area contributed by atoms with Gasteiger partial charge in [-0.15, -0.1) is 35.8 Å². The number of aliphatic imine (C=N–C) groups is 1. The summed E-state index contributed by atoms with van der Waals surface area (Å²) in [4.78, 5) is 4.21. The number of alkyl halides is 1. The first kappa shape index (κ1) is 12.8. The van der Waals surface area contributed by atoms with Gasteiger partial charge in [-0.25, -0.2) is 4.99 Å². The molecule has 0 spiro atoms. The number of hydrogen-bond donors (Lipinski definition) is 1. The molecule has 0 aliphatic carbocycles. The van der Waals surface area contributed by atoms with Crippen molar-refractivity contribution in [3.63, 3.8) is 0 Å². The summed E-state index contributed by atoms with van der Waals surface area (Å²) in [6.07, 6.45) is 0. The molecule has 0 amide bonds. The van der Waals surface area contributed by atoms with Gasteiger partial charge in [0.15, 0.2) is 5.72 Å². The van der Waals surface area contributed by atoms with E-state index >= 15 is 0 Å². The van der Waals surface area contributed by atoms with Crippen LogP contribution in [0, 0.1) is 0 Å². The Morgan fingerprint density at radius 1 is 1.40 bits per heavy atom. The van der Waals surface area contributed by atoms with Crippen molar-refractivity contribution < 1.29 is 5.11 Å². The highest BCUT2D eigenvalue weighted by atomic mass is 35.5. The van der Waals surface area contributed by atoms with Crippen molar-refractivity contribution in [1.82, 2.24) is 0 Å². The van der Waals surface area contributed by atoms with E-state index in [2.05, 4.69) is 4.99 Å². The molecule has 0 fully saturated rings. The normalized spacial score (nSPS) is 24.5. The van der Waals surface area contributed by atoms with Crippen molar-refractivity contribution in [2.75, 3.05) is 11.6 Å². The van der Waals surface area contributed by atoms with E-state index in [0.717, 1.165) is 10.6 Å². The van der Waals surface area contributed by atoms with Gasteiger partial charge in [0.25, 0.3) is 0 Å². The quantitative estimate of drug-likeness (QED) is 0.832. The highest BCUT2D eigenvalue weighted by Gasteiger charge is 2.32. The Hall–Kier alpha value is -0.220. The third-order valence-electron chi connectivity index (χ3n) is 1.98. The lowest BCUT2D eigenvalue weighted by atomic mass is 10.2. The number of nitrogens with zero attached hydrogens (tertiary/aromatic N) is 1. The largest absolute Gasteiger partial charge is 0.367 e. The SMILES string of the molecule is Cl.OC1(CCl)CSC(c2ccccc2)=N1. The lowest BCUT2D eigenvalue weighted by molar-refractivity contribution is 0.103. The van der Waals surface area contributed by atoms with Gasteiger partial charge in [0.1, 0.15) is 5.04 Å². The van der Waals surface area contributed by atoms with Crippen LogP contribution in [0.25, 0.3) is 0 Å².